The molecule has 4 rings (SSSR count). The maximum absolute atomic E-state index is 13.3. The number of nitrogens with zero attached hydrogens (tertiary/aromatic N) is 4. The van der Waals surface area contributed by atoms with E-state index in [4.69, 9.17) is 4.74 Å². The third-order valence-electron chi connectivity index (χ3n) is 5.74. The number of aromatic nitrogens is 4. The molecule has 8 nitrogen and oxygen atoms in total. The molecular formula is C26H26N4O4. The number of allylic oxidation sites excluding steroid dienone is 1. The largest absolute Gasteiger partial charge is 0.497 e. The number of imidazole rings is 1. The second-order valence-electron chi connectivity index (χ2n) is 8.27. The van der Waals surface area contributed by atoms with Crippen LogP contribution < -0.4 is 16.0 Å². The van der Waals surface area contributed by atoms with E-state index in [1.54, 1.807) is 24.3 Å². The van der Waals surface area contributed by atoms with Crippen molar-refractivity contribution in [2.24, 2.45) is 0 Å². The van der Waals surface area contributed by atoms with Gasteiger partial charge in [-0.25, -0.2) is 14.3 Å². The molecule has 0 aliphatic carbocycles. The van der Waals surface area contributed by atoms with Gasteiger partial charge in [0.25, 0.3) is 5.56 Å². The van der Waals surface area contributed by atoms with Gasteiger partial charge in [0.15, 0.2) is 16.9 Å². The summed E-state index contributed by atoms with van der Waals surface area (Å²) in [6, 6.07) is 14.4. The molecule has 0 radical (unpaired) electrons. The van der Waals surface area contributed by atoms with Crippen molar-refractivity contribution in [3.8, 4) is 11.4 Å². The van der Waals surface area contributed by atoms with Crippen molar-refractivity contribution in [1.29, 1.82) is 0 Å². The quantitative estimate of drug-likeness (QED) is 0.298. The Morgan fingerprint density at radius 2 is 1.88 bits per heavy atom. The van der Waals surface area contributed by atoms with Crippen LogP contribution in [0, 0.1) is 0 Å². The normalized spacial score (nSPS) is 11.2. The highest BCUT2D eigenvalue weighted by Crippen LogP contribution is 2.19. The Morgan fingerprint density at radius 3 is 2.53 bits per heavy atom. The van der Waals surface area contributed by atoms with E-state index in [1.165, 1.54) is 28.6 Å². The molecule has 2 aromatic heterocycles. The topological polar surface area (TPSA) is 88.1 Å². The molecule has 4 aromatic rings. The Kier molecular flexibility index (Phi) is 6.32. The fourth-order valence-corrected chi connectivity index (χ4v) is 3.87. The van der Waals surface area contributed by atoms with Gasteiger partial charge in [-0.1, -0.05) is 44.2 Å². The maximum atomic E-state index is 13.3. The molecule has 0 bridgehead atoms. The zero-order valence-corrected chi connectivity index (χ0v) is 19.4. The van der Waals surface area contributed by atoms with E-state index in [9.17, 15) is 14.4 Å². The number of fused-ring (bicyclic) bond motifs is 1. The Hall–Kier alpha value is -4.20. The summed E-state index contributed by atoms with van der Waals surface area (Å²) in [7, 11) is 1.53. The Morgan fingerprint density at radius 1 is 1.15 bits per heavy atom. The minimum Gasteiger partial charge on any atom is -0.497 e. The highest BCUT2D eigenvalue weighted by atomic mass is 16.5. The highest BCUT2D eigenvalue weighted by molar-refractivity contribution is 5.96. The van der Waals surface area contributed by atoms with Crippen LogP contribution in [-0.4, -0.2) is 31.6 Å². The van der Waals surface area contributed by atoms with E-state index in [-0.39, 0.29) is 30.0 Å². The van der Waals surface area contributed by atoms with Crippen LogP contribution in [0.2, 0.25) is 0 Å². The fourth-order valence-electron chi connectivity index (χ4n) is 3.87. The molecule has 0 unspecified atom stereocenters. The third kappa shape index (κ3) is 4.10. The molecule has 0 aliphatic heterocycles. The number of rotatable bonds is 8. The first kappa shape index (κ1) is 23.0. The molecule has 2 aromatic carbocycles. The van der Waals surface area contributed by atoms with Gasteiger partial charge in [-0.05, 0) is 35.7 Å². The molecule has 0 atom stereocenters. The zero-order valence-electron chi connectivity index (χ0n) is 19.4. The fraction of sp³-hybridized carbons (Fsp3) is 0.231. The molecule has 0 amide bonds. The first-order valence-electron chi connectivity index (χ1n) is 10.9. The van der Waals surface area contributed by atoms with Crippen LogP contribution in [0.25, 0.3) is 16.9 Å². The van der Waals surface area contributed by atoms with Gasteiger partial charge < -0.3 is 9.30 Å². The molecule has 0 spiro atoms. The lowest BCUT2D eigenvalue weighted by atomic mass is 10.0. The first-order chi connectivity index (χ1) is 16.3. The van der Waals surface area contributed by atoms with E-state index < -0.39 is 11.2 Å². The minimum absolute atomic E-state index is 0.0344. The van der Waals surface area contributed by atoms with Crippen molar-refractivity contribution in [1.82, 2.24) is 18.7 Å². The first-order valence-corrected chi connectivity index (χ1v) is 10.9. The van der Waals surface area contributed by atoms with Gasteiger partial charge in [-0.3, -0.25) is 14.2 Å². The minimum atomic E-state index is -0.522. The van der Waals surface area contributed by atoms with Gasteiger partial charge in [-0.2, -0.15) is 0 Å². The average molecular weight is 459 g/mol. The van der Waals surface area contributed by atoms with Crippen LogP contribution in [0.15, 0.2) is 77.1 Å². The van der Waals surface area contributed by atoms with E-state index >= 15 is 0 Å². The van der Waals surface area contributed by atoms with Gasteiger partial charge in [0.2, 0.25) is 0 Å². The number of carbonyl (C=O) groups is 1. The van der Waals surface area contributed by atoms with Crippen molar-refractivity contribution in [2.75, 3.05) is 7.11 Å². The summed E-state index contributed by atoms with van der Waals surface area (Å²) in [4.78, 5) is 43.9. The van der Waals surface area contributed by atoms with Crippen molar-refractivity contribution < 1.29 is 9.53 Å². The Labute approximate surface area is 196 Å². The van der Waals surface area contributed by atoms with Crippen molar-refractivity contribution in [3.63, 3.8) is 0 Å². The Bertz CT molecular complexity index is 1490. The zero-order chi connectivity index (χ0) is 24.4. The van der Waals surface area contributed by atoms with Crippen molar-refractivity contribution in [2.45, 2.75) is 32.9 Å². The van der Waals surface area contributed by atoms with Crippen LogP contribution in [0.3, 0.4) is 0 Å². The number of methoxy groups -OCH3 is 1. The molecule has 8 heteroatoms. The van der Waals surface area contributed by atoms with Gasteiger partial charge in [-0.15, -0.1) is 6.58 Å². The molecule has 0 saturated carbocycles. The predicted octanol–water partition coefficient (Wildman–Crippen LogP) is 3.55. The van der Waals surface area contributed by atoms with E-state index in [1.807, 2.05) is 24.3 Å². The molecule has 0 fully saturated rings. The second-order valence-corrected chi connectivity index (χ2v) is 8.27. The van der Waals surface area contributed by atoms with Gasteiger partial charge in [0.1, 0.15) is 5.75 Å². The lowest BCUT2D eigenvalue weighted by molar-refractivity contribution is 0.0973. The summed E-state index contributed by atoms with van der Waals surface area (Å²) in [5, 5.41) is 0. The molecule has 0 aliphatic rings. The van der Waals surface area contributed by atoms with Crippen LogP contribution in [-0.2, 0) is 13.1 Å². The summed E-state index contributed by atoms with van der Waals surface area (Å²) in [6.45, 7) is 7.77. The average Bonchev–Trinajstić information content (AvgIpc) is 3.25. The number of carbonyl (C=O) groups excluding carboxylic acids is 1. The number of benzene rings is 2. The van der Waals surface area contributed by atoms with Gasteiger partial charge in [0.05, 0.1) is 25.7 Å². The molecular weight excluding hydrogens is 432 g/mol. The number of hydrogen-bond acceptors (Lipinski definition) is 5. The third-order valence-corrected chi connectivity index (χ3v) is 5.74. The van der Waals surface area contributed by atoms with E-state index in [2.05, 4.69) is 25.4 Å². The SMILES string of the molecule is C=CCn1c(=O)c2c(ncn2CC(=O)c2cccc(OC)c2)n(-c2ccc(C(C)C)cc2)c1=O. The predicted molar refractivity (Wildman–Crippen MR) is 131 cm³/mol. The number of ether oxygens (including phenoxy) is 1. The van der Waals surface area contributed by atoms with Crippen molar-refractivity contribution >= 4 is 16.9 Å². The lowest BCUT2D eigenvalue weighted by Gasteiger charge is -2.13. The van der Waals surface area contributed by atoms with Crippen LogP contribution in [0.4, 0.5) is 0 Å². The molecule has 0 N–H and O–H groups in total. The smallest absolute Gasteiger partial charge is 0.337 e. The van der Waals surface area contributed by atoms with E-state index in [0.29, 0.717) is 22.9 Å². The van der Waals surface area contributed by atoms with Crippen LogP contribution >= 0.6 is 0 Å². The monoisotopic (exact) mass is 458 g/mol. The highest BCUT2D eigenvalue weighted by Gasteiger charge is 2.20. The summed E-state index contributed by atoms with van der Waals surface area (Å²) < 4.78 is 9.18. The van der Waals surface area contributed by atoms with Gasteiger partial charge >= 0.3 is 5.69 Å². The van der Waals surface area contributed by atoms with E-state index in [0.717, 1.165) is 10.1 Å². The summed E-state index contributed by atoms with van der Waals surface area (Å²) in [5.41, 5.74) is 1.50. The van der Waals surface area contributed by atoms with Crippen molar-refractivity contribution in [3.05, 3.63) is 99.5 Å². The number of Topliss-reactive ketones (excluding diaryl/α,β-unsaturated/α-hetero) is 1. The lowest BCUT2D eigenvalue weighted by Crippen LogP contribution is -2.40. The molecule has 2 heterocycles. The van der Waals surface area contributed by atoms with Crippen LogP contribution in [0.5, 0.6) is 5.75 Å². The Balaban J connectivity index is 1.87. The number of ketones is 1. The molecule has 174 valence electrons. The summed E-state index contributed by atoms with van der Waals surface area (Å²) in [5.74, 6) is 0.683. The van der Waals surface area contributed by atoms with Gasteiger partial charge in [0, 0.05) is 12.1 Å². The number of hydrogen-bond donors (Lipinski definition) is 0. The van der Waals surface area contributed by atoms with Crippen LogP contribution in [0.1, 0.15) is 35.7 Å². The molecule has 0 saturated heterocycles. The standard InChI is InChI=1S/C26H26N4O4/c1-5-13-29-25(32)23-24(30(26(29)33)20-11-9-18(10-12-20)17(2)3)27-16-28(23)15-22(31)19-7-6-8-21(14-19)34-4/h5-12,14,16-17H,1,13,15H2,2-4H3. The molecule has 34 heavy (non-hydrogen) atoms. The second kappa shape index (κ2) is 9.35. The maximum Gasteiger partial charge on any atom is 0.337 e. The summed E-state index contributed by atoms with van der Waals surface area (Å²) >= 11 is 0. The summed E-state index contributed by atoms with van der Waals surface area (Å²) in [6.07, 6.45) is 2.91.